The molecule has 72 valence electrons. The number of fused-ring (bicyclic) bond motifs is 1. The first-order valence-electron chi connectivity index (χ1n) is 3.91. The third kappa shape index (κ3) is 2.99. The van der Waals surface area contributed by atoms with Gasteiger partial charge in [0, 0.05) is 0 Å². The van der Waals surface area contributed by atoms with E-state index in [2.05, 4.69) is 10.3 Å². The predicted octanol–water partition coefficient (Wildman–Crippen LogP) is -4.39. The number of rotatable bonds is 3. The Kier molecular flexibility index (Phi) is 4.67. The van der Waals surface area contributed by atoms with Crippen molar-refractivity contribution in [2.75, 3.05) is 6.61 Å². The number of carbonyl (C=O) groups is 1. The van der Waals surface area contributed by atoms with Crippen LogP contribution in [0.5, 0.6) is 0 Å². The van der Waals surface area contributed by atoms with Crippen LogP contribution in [0, 0.1) is 0 Å². The quantitative estimate of drug-likeness (QED) is 0.498. The van der Waals surface area contributed by atoms with Gasteiger partial charge in [0.25, 0.3) is 0 Å². The largest absolute Gasteiger partial charge is 1.00 e. The third-order valence-corrected chi connectivity index (χ3v) is 1.63. The molecule has 0 atom stereocenters. The van der Waals surface area contributed by atoms with Crippen LogP contribution in [0.15, 0.2) is 24.3 Å². The molecule has 2 rings (SSSR count). The first kappa shape index (κ1) is 12.6. The molecule has 0 aliphatic carbocycles. The Morgan fingerprint density at radius 1 is 1.47 bits per heavy atom. The fourth-order valence-electron chi connectivity index (χ4n) is 1.06. The first-order chi connectivity index (χ1) is 6.77. The summed E-state index contributed by atoms with van der Waals surface area (Å²) in [5.74, 6) is -1.30. The van der Waals surface area contributed by atoms with Crippen molar-refractivity contribution in [3.8, 4) is 0 Å². The molecule has 1 aromatic heterocycles. The average Bonchev–Trinajstić information content (AvgIpc) is 2.58. The van der Waals surface area contributed by atoms with Crippen molar-refractivity contribution in [1.82, 2.24) is 15.2 Å². The van der Waals surface area contributed by atoms with Crippen LogP contribution < -0.4 is 61.3 Å². The van der Waals surface area contributed by atoms with Gasteiger partial charge in [-0.1, -0.05) is 17.0 Å². The topological polar surface area (TPSA) is 80.1 Å². The molecule has 0 bridgehead atoms. The van der Waals surface area contributed by atoms with Crippen LogP contribution >= 0.6 is 0 Å². The van der Waals surface area contributed by atoms with Crippen molar-refractivity contribution in [2.45, 2.75) is 0 Å². The van der Waals surface area contributed by atoms with E-state index in [0.29, 0.717) is 11.0 Å². The van der Waals surface area contributed by atoms with Crippen LogP contribution in [0.3, 0.4) is 0 Å². The normalized spacial score (nSPS) is 9.60. The summed E-state index contributed by atoms with van der Waals surface area (Å²) in [5, 5.41) is 17.5. The molecule has 0 unspecified atom stereocenters. The maximum atomic E-state index is 10.1. The minimum atomic E-state index is -1.30. The first-order valence-corrected chi connectivity index (χ1v) is 3.91. The Balaban J connectivity index is 0.00000112. The predicted molar refractivity (Wildman–Crippen MR) is 44.0 cm³/mol. The van der Waals surface area contributed by atoms with Crippen LogP contribution in [0.25, 0.3) is 11.0 Å². The summed E-state index contributed by atoms with van der Waals surface area (Å²) in [6.07, 6.45) is 0. The van der Waals surface area contributed by atoms with E-state index >= 15 is 0 Å². The number of hydrogen-bond donors (Lipinski definition) is 0. The summed E-state index contributed by atoms with van der Waals surface area (Å²) >= 11 is 0. The van der Waals surface area contributed by atoms with Gasteiger partial charge in [-0.2, -0.15) is 0 Å². The summed E-state index contributed by atoms with van der Waals surface area (Å²) in [6.45, 7) is -0.548. The number of aromatic nitrogens is 3. The van der Waals surface area contributed by atoms with Gasteiger partial charge in [-0.15, -0.1) is 5.10 Å². The molecule has 1 aromatic carbocycles. The zero-order chi connectivity index (χ0) is 9.97. The zero-order valence-corrected chi connectivity index (χ0v) is 11.2. The summed E-state index contributed by atoms with van der Waals surface area (Å²) in [5.41, 5.74) is 1.26. The van der Waals surface area contributed by atoms with E-state index in [9.17, 15) is 9.90 Å². The van der Waals surface area contributed by atoms with Crippen LogP contribution in [-0.4, -0.2) is 27.7 Å². The zero-order valence-electron chi connectivity index (χ0n) is 8.08. The molecule has 0 amide bonds. The molecule has 0 radical (unpaired) electrons. The van der Waals surface area contributed by atoms with Crippen molar-refractivity contribution < 1.29 is 66.1 Å². The van der Waals surface area contributed by atoms with Crippen molar-refractivity contribution in [3.63, 3.8) is 0 Å². The van der Waals surface area contributed by atoms with Gasteiger partial charge in [-0.05, 0) is 17.3 Å². The smallest absolute Gasteiger partial charge is 0.546 e. The number of hydrogen-bond acceptors (Lipinski definition) is 5. The van der Waals surface area contributed by atoms with Gasteiger partial charge in [-0.3, -0.25) is 0 Å². The molecule has 0 N–H and O–H groups in total. The van der Waals surface area contributed by atoms with Gasteiger partial charge in [0.15, 0.2) is 6.61 Å². The van der Waals surface area contributed by atoms with E-state index in [-0.39, 0.29) is 51.4 Å². The molecule has 7 heteroatoms. The summed E-state index contributed by atoms with van der Waals surface area (Å²) in [7, 11) is 0. The molecular weight excluding hydrogens is 225 g/mol. The number of aliphatic carboxylic acids is 1. The molecule has 1 heterocycles. The number of carbonyl (C=O) groups excluding carboxylic acids is 1. The number of para-hydroxylation sites is 1. The Labute approximate surface area is 128 Å². The van der Waals surface area contributed by atoms with E-state index in [0.717, 1.165) is 4.85 Å². The van der Waals surface area contributed by atoms with E-state index in [1.807, 2.05) is 0 Å². The standard InChI is InChI=1S/C8H7N3O3.K/c12-8(13)5-14-11-7-4-2-1-3-6(7)9-10-11;/h1-4H,5H2,(H,12,13);/q;+1/p-1. The Hall–Kier alpha value is -0.474. The second kappa shape index (κ2) is 5.57. The van der Waals surface area contributed by atoms with Gasteiger partial charge in [0.1, 0.15) is 11.0 Å². The molecule has 0 aliphatic rings. The average molecular weight is 231 g/mol. The SMILES string of the molecule is O=C([O-])COn1nnc2ccccc21.[K+]. The molecule has 0 spiro atoms. The van der Waals surface area contributed by atoms with E-state index in [1.165, 1.54) is 0 Å². The molecule has 6 nitrogen and oxygen atoms in total. The molecule has 0 saturated heterocycles. The third-order valence-electron chi connectivity index (χ3n) is 1.63. The summed E-state index contributed by atoms with van der Waals surface area (Å²) < 4.78 is 0. The number of carboxylic acids is 1. The van der Waals surface area contributed by atoms with Crippen molar-refractivity contribution in [1.29, 1.82) is 0 Å². The molecule has 0 fully saturated rings. The van der Waals surface area contributed by atoms with E-state index < -0.39 is 12.6 Å². The Morgan fingerprint density at radius 3 is 2.93 bits per heavy atom. The maximum Gasteiger partial charge on any atom is 1.00 e. The summed E-state index contributed by atoms with van der Waals surface area (Å²) in [4.78, 5) is 16.0. The Bertz CT molecular complexity index is 471. The van der Waals surface area contributed by atoms with E-state index in [1.54, 1.807) is 24.3 Å². The minimum Gasteiger partial charge on any atom is -0.546 e. The number of benzene rings is 1. The fraction of sp³-hybridized carbons (Fsp3) is 0.125. The Morgan fingerprint density at radius 2 is 2.20 bits per heavy atom. The van der Waals surface area contributed by atoms with Crippen LogP contribution in [0.1, 0.15) is 0 Å². The minimum absolute atomic E-state index is 0. The molecule has 15 heavy (non-hydrogen) atoms. The van der Waals surface area contributed by atoms with Gasteiger partial charge < -0.3 is 14.7 Å². The monoisotopic (exact) mass is 231 g/mol. The maximum absolute atomic E-state index is 10.1. The van der Waals surface area contributed by atoms with Crippen LogP contribution in [0.2, 0.25) is 0 Å². The van der Waals surface area contributed by atoms with Crippen molar-refractivity contribution in [2.24, 2.45) is 0 Å². The second-order valence-electron chi connectivity index (χ2n) is 2.60. The number of nitrogens with zero attached hydrogens (tertiary/aromatic N) is 3. The van der Waals surface area contributed by atoms with Gasteiger partial charge in [0.05, 0.1) is 5.97 Å². The van der Waals surface area contributed by atoms with Gasteiger partial charge in [0.2, 0.25) is 0 Å². The fourth-order valence-corrected chi connectivity index (χ4v) is 1.06. The molecule has 2 aromatic rings. The molecule has 0 saturated carbocycles. The second-order valence-corrected chi connectivity index (χ2v) is 2.60. The van der Waals surface area contributed by atoms with Gasteiger partial charge in [-0.25, -0.2) is 0 Å². The number of carboxylic acid groups (broad SMARTS) is 1. The van der Waals surface area contributed by atoms with Crippen molar-refractivity contribution in [3.05, 3.63) is 24.3 Å². The van der Waals surface area contributed by atoms with Crippen LogP contribution in [0.4, 0.5) is 0 Å². The molecular formula is C8H6KN3O3. The van der Waals surface area contributed by atoms with E-state index in [4.69, 9.17) is 4.84 Å². The van der Waals surface area contributed by atoms with Crippen molar-refractivity contribution >= 4 is 17.0 Å². The van der Waals surface area contributed by atoms with Gasteiger partial charge >= 0.3 is 51.4 Å². The summed E-state index contributed by atoms with van der Waals surface area (Å²) in [6, 6.07) is 7.07. The van der Waals surface area contributed by atoms with Crippen LogP contribution in [-0.2, 0) is 4.79 Å². The molecule has 0 aliphatic heterocycles.